The van der Waals surface area contributed by atoms with E-state index in [4.69, 9.17) is 0 Å². The highest BCUT2D eigenvalue weighted by Crippen LogP contribution is 2.35. The summed E-state index contributed by atoms with van der Waals surface area (Å²) >= 11 is 0. The van der Waals surface area contributed by atoms with Gasteiger partial charge in [0.05, 0.1) is 0 Å². The summed E-state index contributed by atoms with van der Waals surface area (Å²) in [4.78, 5) is 28.8. The average molecular weight is 505 g/mol. The molecule has 3 aromatic heterocycles. The van der Waals surface area contributed by atoms with E-state index in [0.717, 1.165) is 38.2 Å². The molecular weight excluding hydrogens is 473 g/mol. The van der Waals surface area contributed by atoms with Gasteiger partial charge in [-0.1, -0.05) is 33.6 Å². The van der Waals surface area contributed by atoms with E-state index in [1.165, 1.54) is 0 Å². The van der Waals surface area contributed by atoms with Crippen LogP contribution < -0.4 is 5.32 Å². The summed E-state index contributed by atoms with van der Waals surface area (Å²) in [6, 6.07) is 1.86. The zero-order valence-corrected chi connectivity index (χ0v) is 20.8. The predicted octanol–water partition coefficient (Wildman–Crippen LogP) is 5.90. The Morgan fingerprint density at radius 1 is 1.17 bits per heavy atom. The second-order valence-electron chi connectivity index (χ2n) is 10.1. The Morgan fingerprint density at radius 2 is 1.86 bits per heavy atom. The van der Waals surface area contributed by atoms with Gasteiger partial charge >= 0.3 is 12.1 Å². The van der Waals surface area contributed by atoms with Crippen molar-refractivity contribution in [3.8, 4) is 11.5 Å². The number of pyridine rings is 1. The Bertz CT molecular complexity index is 1250. The van der Waals surface area contributed by atoms with Crippen molar-refractivity contribution < 1.29 is 23.1 Å². The van der Waals surface area contributed by atoms with Gasteiger partial charge in [0, 0.05) is 12.7 Å². The first-order valence-corrected chi connectivity index (χ1v) is 12.2. The van der Waals surface area contributed by atoms with Crippen LogP contribution in [0.15, 0.2) is 18.3 Å². The molecule has 11 heteroatoms. The summed E-state index contributed by atoms with van der Waals surface area (Å²) in [7, 11) is 0. The van der Waals surface area contributed by atoms with E-state index in [0.29, 0.717) is 24.0 Å². The molecule has 0 unspecified atom stereocenters. The molecule has 0 aliphatic heterocycles. The largest absolute Gasteiger partial charge is 0.475 e. The van der Waals surface area contributed by atoms with Gasteiger partial charge < -0.3 is 15.0 Å². The molecule has 36 heavy (non-hydrogen) atoms. The zero-order valence-electron chi connectivity index (χ0n) is 20.8. The molecule has 1 aliphatic carbocycles. The minimum atomic E-state index is -4.55. The number of carbonyl (C=O) groups is 1. The van der Waals surface area contributed by atoms with Gasteiger partial charge in [-0.25, -0.2) is 19.7 Å². The minimum absolute atomic E-state index is 0.0233. The molecule has 1 fully saturated rings. The molecule has 1 atom stereocenters. The van der Waals surface area contributed by atoms with Crippen molar-refractivity contribution in [3.05, 3.63) is 29.7 Å². The normalized spacial score (nSPS) is 19.6. The molecule has 0 radical (unpaired) electrons. The number of halogens is 3. The molecule has 0 bridgehead atoms. The van der Waals surface area contributed by atoms with Gasteiger partial charge in [0.15, 0.2) is 17.3 Å². The highest BCUT2D eigenvalue weighted by Gasteiger charge is 2.37. The van der Waals surface area contributed by atoms with Crippen LogP contribution >= 0.6 is 0 Å². The summed E-state index contributed by atoms with van der Waals surface area (Å²) in [5.41, 5.74) is 1.86. The van der Waals surface area contributed by atoms with Gasteiger partial charge in [-0.15, -0.1) is 0 Å². The van der Waals surface area contributed by atoms with E-state index in [2.05, 4.69) is 46.0 Å². The van der Waals surface area contributed by atoms with Crippen LogP contribution in [0.2, 0.25) is 0 Å². The van der Waals surface area contributed by atoms with Crippen LogP contribution in [-0.2, 0) is 6.54 Å². The number of alkyl halides is 3. The lowest BCUT2D eigenvalue weighted by atomic mass is 9.83. The van der Waals surface area contributed by atoms with E-state index in [-0.39, 0.29) is 28.8 Å². The highest BCUT2D eigenvalue weighted by atomic mass is 19.4. The van der Waals surface area contributed by atoms with Crippen LogP contribution in [0.25, 0.3) is 22.7 Å². The van der Waals surface area contributed by atoms with Gasteiger partial charge in [0.25, 0.3) is 0 Å². The quantitative estimate of drug-likeness (QED) is 0.413. The van der Waals surface area contributed by atoms with Crippen molar-refractivity contribution in [1.82, 2.24) is 24.5 Å². The first kappa shape index (κ1) is 25.8. The van der Waals surface area contributed by atoms with Gasteiger partial charge in [-0.05, 0) is 55.2 Å². The molecule has 0 amide bonds. The summed E-state index contributed by atoms with van der Waals surface area (Å²) < 4.78 is 42.1. The second-order valence-corrected chi connectivity index (χ2v) is 10.1. The lowest BCUT2D eigenvalue weighted by Crippen LogP contribution is -2.34. The predicted molar refractivity (Wildman–Crippen MR) is 130 cm³/mol. The minimum Gasteiger partial charge on any atom is -0.475 e. The third-order valence-corrected chi connectivity index (χ3v) is 6.89. The summed E-state index contributed by atoms with van der Waals surface area (Å²) in [5, 5.41) is 11.9. The number of aromatic carboxylic acids is 1. The zero-order chi connectivity index (χ0) is 26.2. The highest BCUT2D eigenvalue weighted by molar-refractivity contribution is 5.92. The number of aromatic nitrogens is 5. The van der Waals surface area contributed by atoms with Crippen LogP contribution in [0.3, 0.4) is 0 Å². The van der Waals surface area contributed by atoms with Gasteiger partial charge in [0.1, 0.15) is 17.3 Å². The molecule has 3 heterocycles. The van der Waals surface area contributed by atoms with Crippen molar-refractivity contribution in [1.29, 1.82) is 0 Å². The standard InChI is InChI=1S/C25H31F3N6O2/c1-13(2)17-9-10-29-18(11-17)23-33-21-19(34(23)12-16-7-5-14(3)6-8-16)20(30-15(4)25(26,27)28)31-22(32-21)24(35)36/h9-11,13-16H,5-8,12H2,1-4H3,(H,35,36)(H,30,31,32)/t14?,15-,16?/m1/s1. The maximum absolute atomic E-state index is 13.4. The fourth-order valence-electron chi connectivity index (χ4n) is 4.59. The lowest BCUT2D eigenvalue weighted by Gasteiger charge is -2.27. The van der Waals surface area contributed by atoms with Crippen LogP contribution in [0.4, 0.5) is 19.0 Å². The molecule has 2 N–H and O–H groups in total. The number of hydrogen-bond acceptors (Lipinski definition) is 6. The molecule has 1 aliphatic rings. The molecular formula is C25H31F3N6O2. The SMILES string of the molecule is CC1CCC(Cn2c(-c3cc(C(C)C)ccn3)nc3nc(C(=O)O)nc(N[C@H](C)C(F)(F)F)c32)CC1. The molecule has 194 valence electrons. The smallest absolute Gasteiger partial charge is 0.408 e. The molecule has 0 spiro atoms. The van der Waals surface area contributed by atoms with E-state index < -0.39 is 24.0 Å². The lowest BCUT2D eigenvalue weighted by molar-refractivity contribution is -0.138. The molecule has 4 rings (SSSR count). The van der Waals surface area contributed by atoms with Crippen LogP contribution in [0, 0.1) is 11.8 Å². The van der Waals surface area contributed by atoms with Crippen LogP contribution in [0.5, 0.6) is 0 Å². The maximum atomic E-state index is 13.4. The fourth-order valence-corrected chi connectivity index (χ4v) is 4.59. The van der Waals surface area contributed by atoms with E-state index >= 15 is 0 Å². The topological polar surface area (TPSA) is 106 Å². The third kappa shape index (κ3) is 5.44. The third-order valence-electron chi connectivity index (χ3n) is 6.89. The molecule has 0 saturated heterocycles. The number of fused-ring (bicyclic) bond motifs is 1. The Morgan fingerprint density at radius 3 is 2.47 bits per heavy atom. The van der Waals surface area contributed by atoms with Crippen LogP contribution in [-0.4, -0.2) is 47.8 Å². The monoisotopic (exact) mass is 504 g/mol. The van der Waals surface area contributed by atoms with Gasteiger partial charge in [-0.3, -0.25) is 4.98 Å². The van der Waals surface area contributed by atoms with Crippen molar-refractivity contribution >= 4 is 23.0 Å². The van der Waals surface area contributed by atoms with E-state index in [1.807, 2.05) is 16.7 Å². The number of carboxylic acid groups (broad SMARTS) is 1. The number of nitrogens with one attached hydrogen (secondary N) is 1. The number of carboxylic acids is 1. The number of imidazole rings is 1. The van der Waals surface area contributed by atoms with Gasteiger partial charge in [-0.2, -0.15) is 13.2 Å². The number of nitrogens with zero attached hydrogens (tertiary/aromatic N) is 5. The number of anilines is 1. The van der Waals surface area contributed by atoms with E-state index in [9.17, 15) is 23.1 Å². The summed E-state index contributed by atoms with van der Waals surface area (Å²) in [6.45, 7) is 7.79. The summed E-state index contributed by atoms with van der Waals surface area (Å²) in [5.74, 6) is -0.681. The molecule has 8 nitrogen and oxygen atoms in total. The Hall–Kier alpha value is -3.24. The van der Waals surface area contributed by atoms with Crippen molar-refractivity contribution in [3.63, 3.8) is 0 Å². The number of hydrogen-bond donors (Lipinski definition) is 2. The maximum Gasteiger partial charge on any atom is 0.408 e. The second kappa shape index (κ2) is 10.0. The van der Waals surface area contributed by atoms with Gasteiger partial charge in [0.2, 0.25) is 5.82 Å². The first-order chi connectivity index (χ1) is 16.9. The molecule has 3 aromatic rings. The first-order valence-electron chi connectivity index (χ1n) is 12.2. The van der Waals surface area contributed by atoms with Crippen molar-refractivity contribution in [2.75, 3.05) is 5.32 Å². The molecule has 0 aromatic carbocycles. The van der Waals surface area contributed by atoms with Crippen molar-refractivity contribution in [2.45, 2.75) is 78.1 Å². The van der Waals surface area contributed by atoms with Crippen molar-refractivity contribution in [2.24, 2.45) is 11.8 Å². The van der Waals surface area contributed by atoms with Crippen LogP contribution in [0.1, 0.15) is 75.5 Å². The Kier molecular flexibility index (Phi) is 7.19. The van der Waals surface area contributed by atoms with E-state index in [1.54, 1.807) is 6.20 Å². The Balaban J connectivity index is 1.92. The average Bonchev–Trinajstić information content (AvgIpc) is 3.18. The number of rotatable bonds is 7. The summed E-state index contributed by atoms with van der Waals surface area (Å²) in [6.07, 6.45) is 1.23. The Labute approximate surface area is 207 Å². The fraction of sp³-hybridized carbons (Fsp3) is 0.560. The molecule has 1 saturated carbocycles.